The lowest BCUT2D eigenvalue weighted by Crippen LogP contribution is -2.55. The standard InChI is InChI=1S/C18H25NO3/c1-16(2,3)22-15(20)18(21)14-7-5-4-6-13(14)12-17(18)8-10-19-11-9-17/h4-7,19,21H,8-12H2,1-3H3/t18-/m0/s1. The summed E-state index contributed by atoms with van der Waals surface area (Å²) < 4.78 is 5.60. The van der Waals surface area contributed by atoms with Crippen LogP contribution >= 0.6 is 0 Å². The van der Waals surface area contributed by atoms with Gasteiger partial charge in [0.15, 0.2) is 5.60 Å². The quantitative estimate of drug-likeness (QED) is 0.781. The van der Waals surface area contributed by atoms with Crippen molar-refractivity contribution < 1.29 is 14.6 Å². The maximum absolute atomic E-state index is 12.9. The van der Waals surface area contributed by atoms with E-state index >= 15 is 0 Å². The minimum absolute atomic E-state index is 0.454. The van der Waals surface area contributed by atoms with Gasteiger partial charge in [0.1, 0.15) is 5.60 Å². The van der Waals surface area contributed by atoms with Crippen molar-refractivity contribution >= 4 is 5.97 Å². The molecule has 1 spiro atoms. The second kappa shape index (κ2) is 5.07. The third kappa shape index (κ3) is 2.25. The highest BCUT2D eigenvalue weighted by Crippen LogP contribution is 2.55. The first-order chi connectivity index (χ1) is 10.3. The third-order valence-electron chi connectivity index (χ3n) is 4.96. The topological polar surface area (TPSA) is 58.6 Å². The minimum Gasteiger partial charge on any atom is -0.458 e. The highest BCUT2D eigenvalue weighted by molar-refractivity contribution is 5.84. The number of carbonyl (C=O) groups excluding carboxylic acids is 1. The third-order valence-corrected chi connectivity index (χ3v) is 4.96. The SMILES string of the molecule is CC(C)(C)OC(=O)[C@@]1(O)c2ccccc2CC12CCNCC2. The molecule has 0 unspecified atom stereocenters. The molecule has 4 nitrogen and oxygen atoms in total. The molecule has 0 radical (unpaired) electrons. The normalized spacial score (nSPS) is 26.7. The monoisotopic (exact) mass is 303 g/mol. The first-order valence-electron chi connectivity index (χ1n) is 8.03. The molecule has 0 bridgehead atoms. The average molecular weight is 303 g/mol. The molecule has 120 valence electrons. The molecule has 0 saturated carbocycles. The minimum atomic E-state index is -1.54. The second-order valence-electron chi connectivity index (χ2n) is 7.58. The highest BCUT2D eigenvalue weighted by atomic mass is 16.6. The Balaban J connectivity index is 2.08. The number of esters is 1. The molecule has 3 rings (SSSR count). The fraction of sp³-hybridized carbons (Fsp3) is 0.611. The Bertz CT molecular complexity index is 584. The number of hydrogen-bond acceptors (Lipinski definition) is 4. The summed E-state index contributed by atoms with van der Waals surface area (Å²) >= 11 is 0. The van der Waals surface area contributed by atoms with Crippen LogP contribution in [0.4, 0.5) is 0 Å². The molecule has 4 heteroatoms. The van der Waals surface area contributed by atoms with E-state index in [1.807, 2.05) is 45.0 Å². The van der Waals surface area contributed by atoms with Gasteiger partial charge in [0.05, 0.1) is 0 Å². The van der Waals surface area contributed by atoms with Crippen molar-refractivity contribution in [1.29, 1.82) is 0 Å². The van der Waals surface area contributed by atoms with Crippen molar-refractivity contribution in [1.82, 2.24) is 5.32 Å². The molecule has 0 amide bonds. The largest absolute Gasteiger partial charge is 0.458 e. The summed E-state index contributed by atoms with van der Waals surface area (Å²) in [6.45, 7) is 7.15. The van der Waals surface area contributed by atoms with E-state index < -0.39 is 22.6 Å². The number of hydrogen-bond donors (Lipinski definition) is 2. The van der Waals surface area contributed by atoms with Gasteiger partial charge in [0.2, 0.25) is 0 Å². The van der Waals surface area contributed by atoms with Crippen molar-refractivity contribution in [3.05, 3.63) is 35.4 Å². The number of rotatable bonds is 1. The first-order valence-corrected chi connectivity index (χ1v) is 8.03. The summed E-state index contributed by atoms with van der Waals surface area (Å²) in [6, 6.07) is 7.74. The number of carbonyl (C=O) groups is 1. The van der Waals surface area contributed by atoms with E-state index in [-0.39, 0.29) is 0 Å². The maximum atomic E-state index is 12.9. The van der Waals surface area contributed by atoms with E-state index in [1.165, 1.54) is 0 Å². The summed E-state index contributed by atoms with van der Waals surface area (Å²) in [4.78, 5) is 12.9. The van der Waals surface area contributed by atoms with Gasteiger partial charge in [-0.25, -0.2) is 4.79 Å². The van der Waals surface area contributed by atoms with Crippen LogP contribution < -0.4 is 5.32 Å². The van der Waals surface area contributed by atoms with Crippen molar-refractivity contribution in [2.24, 2.45) is 5.41 Å². The average Bonchev–Trinajstić information content (AvgIpc) is 2.69. The van der Waals surface area contributed by atoms with Crippen LogP contribution in [0.25, 0.3) is 0 Å². The zero-order valence-corrected chi connectivity index (χ0v) is 13.6. The zero-order valence-electron chi connectivity index (χ0n) is 13.6. The highest BCUT2D eigenvalue weighted by Gasteiger charge is 2.62. The Hall–Kier alpha value is -1.39. The van der Waals surface area contributed by atoms with Gasteiger partial charge in [-0.1, -0.05) is 24.3 Å². The molecule has 1 aliphatic heterocycles. The van der Waals surface area contributed by atoms with E-state index in [1.54, 1.807) is 0 Å². The van der Waals surface area contributed by atoms with Crippen molar-refractivity contribution in [3.8, 4) is 0 Å². The van der Waals surface area contributed by atoms with Crippen LogP contribution in [0.5, 0.6) is 0 Å². The van der Waals surface area contributed by atoms with Gasteiger partial charge in [-0.3, -0.25) is 0 Å². The van der Waals surface area contributed by atoms with Gasteiger partial charge in [-0.15, -0.1) is 0 Å². The van der Waals surface area contributed by atoms with Gasteiger partial charge in [-0.05, 0) is 64.3 Å². The molecule has 22 heavy (non-hydrogen) atoms. The predicted octanol–water partition coefficient (Wildman–Crippen LogP) is 2.14. The number of ether oxygens (including phenoxy) is 1. The Morgan fingerprint density at radius 1 is 1.23 bits per heavy atom. The van der Waals surface area contributed by atoms with Crippen LogP contribution in [0.3, 0.4) is 0 Å². The van der Waals surface area contributed by atoms with Crippen molar-refractivity contribution in [3.63, 3.8) is 0 Å². The van der Waals surface area contributed by atoms with Crippen molar-refractivity contribution in [2.75, 3.05) is 13.1 Å². The molecule has 0 aromatic heterocycles. The summed E-state index contributed by atoms with van der Waals surface area (Å²) in [5.41, 5.74) is -0.814. The lowest BCUT2D eigenvalue weighted by molar-refractivity contribution is -0.196. The molecule has 1 fully saturated rings. The van der Waals surface area contributed by atoms with Crippen LogP contribution in [0.15, 0.2) is 24.3 Å². The number of piperidine rings is 1. The van der Waals surface area contributed by atoms with Gasteiger partial charge in [-0.2, -0.15) is 0 Å². The Labute approximate surface area is 131 Å². The van der Waals surface area contributed by atoms with Crippen molar-refractivity contribution in [2.45, 2.75) is 51.2 Å². The van der Waals surface area contributed by atoms with Gasteiger partial charge in [0.25, 0.3) is 0 Å². The molecule has 1 heterocycles. The summed E-state index contributed by atoms with van der Waals surface area (Å²) in [5.74, 6) is -0.508. The van der Waals surface area contributed by atoms with Crippen LogP contribution in [0.2, 0.25) is 0 Å². The molecule has 1 aromatic rings. The predicted molar refractivity (Wildman–Crippen MR) is 84.4 cm³/mol. The first kappa shape index (κ1) is 15.5. The molecule has 2 N–H and O–H groups in total. The van der Waals surface area contributed by atoms with E-state index in [2.05, 4.69) is 5.32 Å². The summed E-state index contributed by atoms with van der Waals surface area (Å²) in [6.07, 6.45) is 2.29. The number of aliphatic hydroxyl groups is 1. The maximum Gasteiger partial charge on any atom is 0.343 e. The van der Waals surface area contributed by atoms with Gasteiger partial charge < -0.3 is 15.2 Å². The Morgan fingerprint density at radius 2 is 1.86 bits per heavy atom. The number of nitrogens with one attached hydrogen (secondary N) is 1. The van der Waals surface area contributed by atoms with E-state index in [9.17, 15) is 9.90 Å². The molecule has 1 aliphatic carbocycles. The fourth-order valence-corrected chi connectivity index (χ4v) is 3.93. The van der Waals surface area contributed by atoms with Crippen LogP contribution in [-0.4, -0.2) is 29.8 Å². The summed E-state index contributed by atoms with van der Waals surface area (Å²) in [5, 5.41) is 14.9. The Kier molecular flexibility index (Phi) is 3.57. The molecule has 1 saturated heterocycles. The van der Waals surface area contributed by atoms with E-state index in [4.69, 9.17) is 4.74 Å². The molecule has 1 atom stereocenters. The van der Waals surface area contributed by atoms with E-state index in [0.717, 1.165) is 43.5 Å². The van der Waals surface area contributed by atoms with E-state index in [0.29, 0.717) is 0 Å². The fourth-order valence-electron chi connectivity index (χ4n) is 3.93. The second-order valence-corrected chi connectivity index (χ2v) is 7.58. The molecular formula is C18H25NO3. The molecular weight excluding hydrogens is 278 g/mol. The summed E-state index contributed by atoms with van der Waals surface area (Å²) in [7, 11) is 0. The Morgan fingerprint density at radius 3 is 2.50 bits per heavy atom. The molecule has 1 aromatic carbocycles. The van der Waals surface area contributed by atoms with Gasteiger partial charge in [0, 0.05) is 5.41 Å². The van der Waals surface area contributed by atoms with Gasteiger partial charge >= 0.3 is 5.97 Å². The number of benzene rings is 1. The molecule has 2 aliphatic rings. The van der Waals surface area contributed by atoms with Crippen LogP contribution in [0, 0.1) is 5.41 Å². The zero-order chi connectivity index (χ0) is 16.0. The smallest absolute Gasteiger partial charge is 0.343 e. The lowest BCUT2D eigenvalue weighted by Gasteiger charge is -2.44. The lowest BCUT2D eigenvalue weighted by atomic mass is 9.66. The number of fused-ring (bicyclic) bond motifs is 1. The van der Waals surface area contributed by atoms with Crippen LogP contribution in [0.1, 0.15) is 44.7 Å². The van der Waals surface area contributed by atoms with Crippen LogP contribution in [-0.2, 0) is 21.6 Å².